The minimum atomic E-state index is -0.754. The summed E-state index contributed by atoms with van der Waals surface area (Å²) in [7, 11) is 0. The first-order valence-corrected chi connectivity index (χ1v) is 7.98. The van der Waals surface area contributed by atoms with Crippen molar-refractivity contribution in [1.29, 1.82) is 0 Å². The quantitative estimate of drug-likeness (QED) is 0.898. The zero-order valence-electron chi connectivity index (χ0n) is 13.1. The van der Waals surface area contributed by atoms with Gasteiger partial charge in [0.1, 0.15) is 23.0 Å². The Balaban J connectivity index is 1.73. The Morgan fingerprint density at radius 2 is 1.79 bits per heavy atom. The number of anilines is 2. The molecule has 24 heavy (non-hydrogen) atoms. The van der Waals surface area contributed by atoms with Crippen molar-refractivity contribution in [3.05, 3.63) is 47.8 Å². The Labute approximate surface area is 138 Å². The van der Waals surface area contributed by atoms with Crippen LogP contribution in [0.1, 0.15) is 42.6 Å². The summed E-state index contributed by atoms with van der Waals surface area (Å²) in [6.07, 6.45) is 6.71. The summed E-state index contributed by atoms with van der Waals surface area (Å²) in [6.45, 7) is 0. The molecule has 0 bridgehead atoms. The zero-order valence-corrected chi connectivity index (χ0v) is 13.1. The van der Waals surface area contributed by atoms with Crippen molar-refractivity contribution in [2.24, 2.45) is 0 Å². The third kappa shape index (κ3) is 3.84. The van der Waals surface area contributed by atoms with Crippen LogP contribution in [0.3, 0.4) is 0 Å². The minimum absolute atomic E-state index is 0.0321. The molecule has 5 nitrogen and oxygen atoms in total. The molecule has 7 heteroatoms. The Kier molecular flexibility index (Phi) is 4.98. The fourth-order valence-corrected chi connectivity index (χ4v) is 2.78. The second-order valence-electron chi connectivity index (χ2n) is 5.80. The van der Waals surface area contributed by atoms with Crippen LogP contribution in [-0.2, 0) is 0 Å². The first-order valence-electron chi connectivity index (χ1n) is 7.98. The molecule has 1 aromatic heterocycles. The van der Waals surface area contributed by atoms with E-state index in [9.17, 15) is 13.6 Å². The summed E-state index contributed by atoms with van der Waals surface area (Å²) >= 11 is 0. The van der Waals surface area contributed by atoms with E-state index in [1.54, 1.807) is 0 Å². The second-order valence-corrected chi connectivity index (χ2v) is 5.80. The van der Waals surface area contributed by atoms with Gasteiger partial charge in [-0.05, 0) is 31.0 Å². The molecule has 2 aromatic rings. The van der Waals surface area contributed by atoms with Gasteiger partial charge in [-0.25, -0.2) is 18.7 Å². The predicted octanol–water partition coefficient (Wildman–Crippen LogP) is 3.56. The van der Waals surface area contributed by atoms with Crippen LogP contribution >= 0.6 is 0 Å². The smallest absolute Gasteiger partial charge is 0.270 e. The Bertz CT molecular complexity index is 712. The molecule has 0 atom stereocenters. The maximum atomic E-state index is 13.7. The zero-order chi connectivity index (χ0) is 16.9. The lowest BCUT2D eigenvalue weighted by Crippen LogP contribution is -2.36. The SMILES string of the molecule is O=C(NC1CCCCC1)c1ccnc(Nc2c(F)cccc2F)n1. The fraction of sp³-hybridized carbons (Fsp3) is 0.353. The van der Waals surface area contributed by atoms with Crippen molar-refractivity contribution in [3.8, 4) is 0 Å². The summed E-state index contributed by atoms with van der Waals surface area (Å²) in [5, 5.41) is 5.43. The number of aromatic nitrogens is 2. The average molecular weight is 332 g/mol. The Morgan fingerprint density at radius 1 is 1.08 bits per heavy atom. The number of amides is 1. The molecular formula is C17H18F2N4O. The third-order valence-electron chi connectivity index (χ3n) is 4.03. The van der Waals surface area contributed by atoms with Gasteiger partial charge in [0.15, 0.2) is 0 Å². The van der Waals surface area contributed by atoms with Gasteiger partial charge >= 0.3 is 0 Å². The Hall–Kier alpha value is -2.57. The minimum Gasteiger partial charge on any atom is -0.348 e. The summed E-state index contributed by atoms with van der Waals surface area (Å²) < 4.78 is 27.3. The lowest BCUT2D eigenvalue weighted by Gasteiger charge is -2.22. The first kappa shape index (κ1) is 16.3. The Morgan fingerprint density at radius 3 is 2.50 bits per heavy atom. The summed E-state index contributed by atoms with van der Waals surface area (Å²) in [6, 6.07) is 5.16. The first-order chi connectivity index (χ1) is 11.6. The highest BCUT2D eigenvalue weighted by Gasteiger charge is 2.18. The van der Waals surface area contributed by atoms with Gasteiger partial charge in [-0.2, -0.15) is 0 Å². The molecule has 1 aliphatic rings. The van der Waals surface area contributed by atoms with Crippen LogP contribution in [0.25, 0.3) is 0 Å². The second kappa shape index (κ2) is 7.33. The van der Waals surface area contributed by atoms with E-state index in [4.69, 9.17) is 0 Å². The van der Waals surface area contributed by atoms with Crippen molar-refractivity contribution in [2.45, 2.75) is 38.1 Å². The molecule has 1 aromatic carbocycles. The van der Waals surface area contributed by atoms with Gasteiger partial charge in [-0.15, -0.1) is 0 Å². The number of carbonyl (C=O) groups is 1. The van der Waals surface area contributed by atoms with E-state index < -0.39 is 11.6 Å². The van der Waals surface area contributed by atoms with Crippen LogP contribution < -0.4 is 10.6 Å². The maximum absolute atomic E-state index is 13.7. The highest BCUT2D eigenvalue weighted by Crippen LogP contribution is 2.21. The molecule has 0 radical (unpaired) electrons. The third-order valence-corrected chi connectivity index (χ3v) is 4.03. The van der Waals surface area contributed by atoms with Crippen molar-refractivity contribution in [2.75, 3.05) is 5.32 Å². The molecule has 1 aliphatic carbocycles. The summed E-state index contributed by atoms with van der Waals surface area (Å²) in [5.74, 6) is -1.84. The van der Waals surface area contributed by atoms with Gasteiger partial charge in [-0.3, -0.25) is 4.79 Å². The van der Waals surface area contributed by atoms with E-state index in [1.165, 1.54) is 24.8 Å². The number of para-hydroxylation sites is 1. The molecule has 0 aliphatic heterocycles. The van der Waals surface area contributed by atoms with Gasteiger partial charge < -0.3 is 10.6 Å². The lowest BCUT2D eigenvalue weighted by molar-refractivity contribution is 0.0922. The van der Waals surface area contributed by atoms with Crippen molar-refractivity contribution >= 4 is 17.5 Å². The number of benzene rings is 1. The van der Waals surface area contributed by atoms with Gasteiger partial charge in [-0.1, -0.05) is 25.3 Å². The average Bonchev–Trinajstić information content (AvgIpc) is 2.59. The lowest BCUT2D eigenvalue weighted by atomic mass is 9.95. The van der Waals surface area contributed by atoms with Crippen LogP contribution in [0.4, 0.5) is 20.4 Å². The van der Waals surface area contributed by atoms with Crippen LogP contribution in [0.5, 0.6) is 0 Å². The molecule has 0 saturated heterocycles. The number of nitrogens with zero attached hydrogens (tertiary/aromatic N) is 2. The van der Waals surface area contributed by atoms with Crippen molar-refractivity contribution in [1.82, 2.24) is 15.3 Å². The molecule has 2 N–H and O–H groups in total. The molecule has 1 heterocycles. The molecule has 1 saturated carbocycles. The van der Waals surface area contributed by atoms with Crippen molar-refractivity contribution in [3.63, 3.8) is 0 Å². The fourth-order valence-electron chi connectivity index (χ4n) is 2.78. The monoisotopic (exact) mass is 332 g/mol. The molecule has 0 spiro atoms. The highest BCUT2D eigenvalue weighted by atomic mass is 19.1. The molecule has 0 unspecified atom stereocenters. The summed E-state index contributed by atoms with van der Waals surface area (Å²) in [4.78, 5) is 20.2. The van der Waals surface area contributed by atoms with E-state index in [0.29, 0.717) is 0 Å². The molecule has 1 amide bonds. The van der Waals surface area contributed by atoms with Gasteiger partial charge in [0, 0.05) is 12.2 Å². The number of hydrogen-bond acceptors (Lipinski definition) is 4. The van der Waals surface area contributed by atoms with Crippen molar-refractivity contribution < 1.29 is 13.6 Å². The molecule has 126 valence electrons. The van der Waals surface area contributed by atoms with Crippen LogP contribution in [0.2, 0.25) is 0 Å². The van der Waals surface area contributed by atoms with Gasteiger partial charge in [0.25, 0.3) is 5.91 Å². The van der Waals surface area contributed by atoms with E-state index in [1.807, 2.05) is 0 Å². The molecule has 1 fully saturated rings. The summed E-state index contributed by atoms with van der Waals surface area (Å²) in [5.41, 5.74) is -0.183. The van der Waals surface area contributed by atoms with Crippen LogP contribution in [0.15, 0.2) is 30.5 Å². The van der Waals surface area contributed by atoms with E-state index in [2.05, 4.69) is 20.6 Å². The van der Waals surface area contributed by atoms with E-state index in [0.717, 1.165) is 37.8 Å². The number of halogens is 2. The largest absolute Gasteiger partial charge is 0.348 e. The number of nitrogens with one attached hydrogen (secondary N) is 2. The van der Waals surface area contributed by atoms with Crippen LogP contribution in [0, 0.1) is 11.6 Å². The highest BCUT2D eigenvalue weighted by molar-refractivity contribution is 5.92. The normalized spacial score (nSPS) is 15.1. The maximum Gasteiger partial charge on any atom is 0.270 e. The van der Waals surface area contributed by atoms with Crippen LogP contribution in [-0.4, -0.2) is 21.9 Å². The van der Waals surface area contributed by atoms with Gasteiger partial charge in [0.2, 0.25) is 5.95 Å². The standard InChI is InChI=1S/C17H18F2N4O/c18-12-7-4-8-13(19)15(12)23-17-20-10-9-14(22-17)16(24)21-11-5-2-1-3-6-11/h4,7-11H,1-3,5-6H2,(H,21,24)(H,20,22,23). The molecule has 3 rings (SSSR count). The predicted molar refractivity (Wildman–Crippen MR) is 86.0 cm³/mol. The van der Waals surface area contributed by atoms with Gasteiger partial charge in [0.05, 0.1) is 0 Å². The number of hydrogen-bond donors (Lipinski definition) is 2. The van der Waals surface area contributed by atoms with E-state index >= 15 is 0 Å². The van der Waals surface area contributed by atoms with E-state index in [-0.39, 0.29) is 29.3 Å². The molecular weight excluding hydrogens is 314 g/mol. The topological polar surface area (TPSA) is 66.9 Å². The number of rotatable bonds is 4. The number of carbonyl (C=O) groups excluding carboxylic acids is 1.